The second kappa shape index (κ2) is 6.13. The van der Waals surface area contributed by atoms with Crippen molar-refractivity contribution in [1.82, 2.24) is 0 Å². The van der Waals surface area contributed by atoms with Gasteiger partial charge < -0.3 is 15.4 Å². The second-order valence-corrected chi connectivity index (χ2v) is 5.40. The number of hydrogen-bond donors (Lipinski definition) is 1. The number of hydrogen-bond acceptors (Lipinski definition) is 3. The Balaban J connectivity index is 2.30. The summed E-state index contributed by atoms with van der Waals surface area (Å²) in [6.45, 7) is 0.566. The Bertz CT molecular complexity index is 619. The molecule has 106 valence electrons. The Morgan fingerprint density at radius 2 is 2.05 bits per heavy atom. The minimum atomic E-state index is -0.407. The fraction of sp³-hybridized carbons (Fsp3) is 0.200. The summed E-state index contributed by atoms with van der Waals surface area (Å²) in [6.07, 6.45) is 0. The highest BCUT2D eigenvalue weighted by atomic mass is 79.9. The maximum Gasteiger partial charge on any atom is 0.148 e. The first kappa shape index (κ1) is 14.7. The Morgan fingerprint density at radius 1 is 1.30 bits per heavy atom. The van der Waals surface area contributed by atoms with Crippen molar-refractivity contribution in [2.24, 2.45) is 0 Å². The molecule has 0 amide bonds. The van der Waals surface area contributed by atoms with Gasteiger partial charge in [0.2, 0.25) is 0 Å². The monoisotopic (exact) mass is 338 g/mol. The molecule has 0 heterocycles. The highest BCUT2D eigenvalue weighted by Gasteiger charge is 2.12. The number of nitrogens with zero attached hydrogens (tertiary/aromatic N) is 1. The lowest BCUT2D eigenvalue weighted by molar-refractivity contribution is 0.409. The molecular formula is C15H16BrFN2O. The van der Waals surface area contributed by atoms with Gasteiger partial charge in [-0.1, -0.05) is 22.0 Å². The molecule has 0 saturated carbocycles. The van der Waals surface area contributed by atoms with Gasteiger partial charge in [-0.25, -0.2) is 4.39 Å². The minimum Gasteiger partial charge on any atom is -0.496 e. The fourth-order valence-corrected chi connectivity index (χ4v) is 2.48. The molecule has 2 N–H and O–H groups in total. The first-order chi connectivity index (χ1) is 9.52. The van der Waals surface area contributed by atoms with Crippen molar-refractivity contribution in [3.8, 4) is 5.75 Å². The van der Waals surface area contributed by atoms with E-state index in [1.807, 2.05) is 30.1 Å². The maximum atomic E-state index is 13.5. The largest absolute Gasteiger partial charge is 0.496 e. The quantitative estimate of drug-likeness (QED) is 0.861. The van der Waals surface area contributed by atoms with Crippen molar-refractivity contribution in [3.63, 3.8) is 0 Å². The smallest absolute Gasteiger partial charge is 0.148 e. The predicted octanol–water partition coefficient (Wildman–Crippen LogP) is 3.82. The van der Waals surface area contributed by atoms with Gasteiger partial charge >= 0.3 is 0 Å². The Hall–Kier alpha value is -1.75. The molecule has 0 radical (unpaired) electrons. The topological polar surface area (TPSA) is 38.5 Å². The van der Waals surface area contributed by atoms with Gasteiger partial charge in [-0.05, 0) is 30.3 Å². The van der Waals surface area contributed by atoms with Gasteiger partial charge in [0.25, 0.3) is 0 Å². The molecule has 0 aliphatic carbocycles. The number of para-hydroxylation sites is 1. The number of rotatable bonds is 4. The van der Waals surface area contributed by atoms with Crippen LogP contribution in [0.15, 0.2) is 40.9 Å². The molecular weight excluding hydrogens is 323 g/mol. The Kier molecular flexibility index (Phi) is 4.49. The average Bonchev–Trinajstić information content (AvgIpc) is 2.42. The van der Waals surface area contributed by atoms with Crippen LogP contribution in [-0.4, -0.2) is 14.2 Å². The van der Waals surface area contributed by atoms with E-state index in [-0.39, 0.29) is 5.69 Å². The number of halogens is 2. The molecule has 3 nitrogen and oxygen atoms in total. The molecule has 0 aliphatic heterocycles. The van der Waals surface area contributed by atoms with Gasteiger partial charge in [0.1, 0.15) is 11.6 Å². The van der Waals surface area contributed by atoms with Crippen molar-refractivity contribution in [1.29, 1.82) is 0 Å². The van der Waals surface area contributed by atoms with E-state index in [0.717, 1.165) is 15.8 Å². The van der Waals surface area contributed by atoms with Gasteiger partial charge in [-0.2, -0.15) is 0 Å². The van der Waals surface area contributed by atoms with Gasteiger partial charge in [-0.15, -0.1) is 0 Å². The van der Waals surface area contributed by atoms with Crippen LogP contribution in [-0.2, 0) is 6.54 Å². The molecule has 0 aromatic heterocycles. The van der Waals surface area contributed by atoms with Crippen LogP contribution in [0.2, 0.25) is 0 Å². The first-order valence-corrected chi connectivity index (χ1v) is 6.89. The molecule has 2 aromatic rings. The van der Waals surface area contributed by atoms with Crippen LogP contribution in [0.3, 0.4) is 0 Å². The van der Waals surface area contributed by atoms with Crippen molar-refractivity contribution >= 4 is 27.3 Å². The van der Waals surface area contributed by atoms with Gasteiger partial charge in [-0.3, -0.25) is 0 Å². The first-order valence-electron chi connectivity index (χ1n) is 6.10. The van der Waals surface area contributed by atoms with E-state index in [2.05, 4.69) is 15.9 Å². The predicted molar refractivity (Wildman–Crippen MR) is 83.6 cm³/mol. The molecule has 0 saturated heterocycles. The molecule has 20 heavy (non-hydrogen) atoms. The molecule has 0 aliphatic rings. The summed E-state index contributed by atoms with van der Waals surface area (Å²) in [5, 5.41) is 0. The minimum absolute atomic E-state index is 0.156. The third-order valence-electron chi connectivity index (χ3n) is 3.09. The van der Waals surface area contributed by atoms with Crippen molar-refractivity contribution in [3.05, 3.63) is 52.3 Å². The van der Waals surface area contributed by atoms with Crippen LogP contribution >= 0.6 is 15.9 Å². The van der Waals surface area contributed by atoms with Crippen LogP contribution in [0.25, 0.3) is 0 Å². The van der Waals surface area contributed by atoms with E-state index >= 15 is 0 Å². The summed E-state index contributed by atoms with van der Waals surface area (Å²) in [6, 6.07) is 10.6. The lowest BCUT2D eigenvalue weighted by Crippen LogP contribution is -2.18. The molecule has 5 heteroatoms. The standard InChI is InChI=1S/C15H16BrFN2O/c1-19(13-5-3-4-12(17)15(13)18)9-10-8-11(16)6-7-14(10)20-2/h3-8H,9,18H2,1-2H3. The zero-order chi connectivity index (χ0) is 14.7. The third-order valence-corrected chi connectivity index (χ3v) is 3.58. The summed E-state index contributed by atoms with van der Waals surface area (Å²) in [7, 11) is 3.49. The van der Waals surface area contributed by atoms with Crippen LogP contribution in [0, 0.1) is 5.82 Å². The number of benzene rings is 2. The molecule has 0 spiro atoms. The van der Waals surface area contributed by atoms with Gasteiger partial charge in [0.05, 0.1) is 18.5 Å². The number of methoxy groups -OCH3 is 1. The Labute approximate surface area is 126 Å². The molecule has 0 bridgehead atoms. The third kappa shape index (κ3) is 3.04. The van der Waals surface area contributed by atoms with Crippen LogP contribution in [0.1, 0.15) is 5.56 Å². The lowest BCUT2D eigenvalue weighted by Gasteiger charge is -2.22. The summed E-state index contributed by atoms with van der Waals surface area (Å²) in [5.74, 6) is 0.380. The van der Waals surface area contributed by atoms with Crippen LogP contribution in [0.5, 0.6) is 5.75 Å². The fourth-order valence-electron chi connectivity index (χ4n) is 2.07. The summed E-state index contributed by atoms with van der Waals surface area (Å²) in [5.41, 5.74) is 7.59. The van der Waals surface area contributed by atoms with E-state index < -0.39 is 5.82 Å². The van der Waals surface area contributed by atoms with E-state index in [1.54, 1.807) is 19.2 Å². The average molecular weight is 339 g/mol. The van der Waals surface area contributed by atoms with Crippen LogP contribution in [0.4, 0.5) is 15.8 Å². The van der Waals surface area contributed by atoms with E-state index in [4.69, 9.17) is 10.5 Å². The molecule has 2 aromatic carbocycles. The number of anilines is 2. The normalized spacial score (nSPS) is 10.4. The molecule has 0 unspecified atom stereocenters. The highest BCUT2D eigenvalue weighted by molar-refractivity contribution is 9.10. The number of nitrogens with two attached hydrogens (primary N) is 1. The molecule has 0 fully saturated rings. The van der Waals surface area contributed by atoms with Crippen molar-refractivity contribution in [2.45, 2.75) is 6.54 Å². The van der Waals surface area contributed by atoms with E-state index in [9.17, 15) is 4.39 Å². The SMILES string of the molecule is COc1ccc(Br)cc1CN(C)c1cccc(F)c1N. The highest BCUT2D eigenvalue weighted by Crippen LogP contribution is 2.29. The van der Waals surface area contributed by atoms with Gasteiger partial charge in [0, 0.05) is 23.6 Å². The second-order valence-electron chi connectivity index (χ2n) is 4.48. The summed E-state index contributed by atoms with van der Waals surface area (Å²) >= 11 is 3.44. The van der Waals surface area contributed by atoms with E-state index in [0.29, 0.717) is 12.2 Å². The Morgan fingerprint density at radius 3 is 2.75 bits per heavy atom. The summed E-state index contributed by atoms with van der Waals surface area (Å²) < 4.78 is 19.8. The maximum absolute atomic E-state index is 13.5. The van der Waals surface area contributed by atoms with Crippen LogP contribution < -0.4 is 15.4 Å². The van der Waals surface area contributed by atoms with E-state index in [1.165, 1.54) is 6.07 Å². The molecule has 2 rings (SSSR count). The summed E-state index contributed by atoms with van der Waals surface area (Å²) in [4.78, 5) is 1.89. The number of nitrogen functional groups attached to an aromatic ring is 1. The lowest BCUT2D eigenvalue weighted by atomic mass is 10.1. The zero-order valence-corrected chi connectivity index (χ0v) is 12.9. The zero-order valence-electron chi connectivity index (χ0n) is 11.4. The van der Waals surface area contributed by atoms with Gasteiger partial charge in [0.15, 0.2) is 0 Å². The van der Waals surface area contributed by atoms with Crippen molar-refractivity contribution in [2.75, 3.05) is 24.8 Å². The number of ether oxygens (including phenoxy) is 1. The van der Waals surface area contributed by atoms with Crippen molar-refractivity contribution < 1.29 is 9.13 Å². The molecule has 0 atom stereocenters.